The molecule has 1 heterocycles. The molecule has 0 aromatic rings. The molecule has 92 valence electrons. The first-order valence-electron chi connectivity index (χ1n) is 6.18. The number of alkyl carbamates (subject to hydrolysis) is 1. The van der Waals surface area contributed by atoms with Crippen LogP contribution in [0.2, 0.25) is 0 Å². The highest BCUT2D eigenvalue weighted by molar-refractivity contribution is 5.68. The highest BCUT2D eigenvalue weighted by atomic mass is 16.6. The molecule has 1 aliphatic carbocycles. The fourth-order valence-corrected chi connectivity index (χ4v) is 2.75. The molecular weight excluding hydrogens is 204 g/mol. The van der Waals surface area contributed by atoms with Crippen molar-refractivity contribution < 1.29 is 9.53 Å². The van der Waals surface area contributed by atoms with Gasteiger partial charge in [0.15, 0.2) is 0 Å². The minimum Gasteiger partial charge on any atom is -0.444 e. The lowest BCUT2D eigenvalue weighted by molar-refractivity contribution is 0.0474. The van der Waals surface area contributed by atoms with Gasteiger partial charge in [0.2, 0.25) is 0 Å². The Morgan fingerprint density at radius 1 is 1.31 bits per heavy atom. The van der Waals surface area contributed by atoms with Crippen molar-refractivity contribution in [3.05, 3.63) is 0 Å². The Kier molecular flexibility index (Phi) is 3.10. The number of ether oxygens (including phenoxy) is 1. The normalized spacial score (nSPS) is 33.6. The predicted molar refractivity (Wildman–Crippen MR) is 62.3 cm³/mol. The third kappa shape index (κ3) is 2.67. The van der Waals surface area contributed by atoms with Crippen molar-refractivity contribution in [3.63, 3.8) is 0 Å². The SMILES string of the molecule is CC(C)(C)OC(=O)N[C@@H]1[C@H]2CCN[C@@H]1CC2. The molecule has 0 spiro atoms. The Labute approximate surface area is 97.1 Å². The van der Waals surface area contributed by atoms with Gasteiger partial charge in [0.05, 0.1) is 6.04 Å². The molecule has 16 heavy (non-hydrogen) atoms. The van der Waals surface area contributed by atoms with Crippen LogP contribution in [0.1, 0.15) is 40.0 Å². The lowest BCUT2D eigenvalue weighted by Crippen LogP contribution is -2.54. The van der Waals surface area contributed by atoms with E-state index in [1.165, 1.54) is 12.8 Å². The Bertz CT molecular complexity index is 257. The number of hydrogen-bond donors (Lipinski definition) is 2. The lowest BCUT2D eigenvalue weighted by atomic mass is 9.95. The summed E-state index contributed by atoms with van der Waals surface area (Å²) in [5.74, 6) is 0.638. The van der Waals surface area contributed by atoms with Crippen LogP contribution in [0.3, 0.4) is 0 Å². The second-order valence-corrected chi connectivity index (χ2v) is 5.86. The maximum absolute atomic E-state index is 11.7. The fraction of sp³-hybridized carbons (Fsp3) is 0.917. The summed E-state index contributed by atoms with van der Waals surface area (Å²) in [5.41, 5.74) is -0.411. The highest BCUT2D eigenvalue weighted by Gasteiger charge is 2.40. The summed E-state index contributed by atoms with van der Waals surface area (Å²) in [6.07, 6.45) is 3.28. The topological polar surface area (TPSA) is 50.4 Å². The minimum atomic E-state index is -0.411. The number of amides is 1. The number of rotatable bonds is 1. The largest absolute Gasteiger partial charge is 0.444 e. The zero-order valence-electron chi connectivity index (χ0n) is 10.4. The van der Waals surface area contributed by atoms with Crippen LogP contribution in [-0.4, -0.2) is 30.3 Å². The maximum atomic E-state index is 11.7. The zero-order valence-corrected chi connectivity index (χ0v) is 10.4. The second-order valence-electron chi connectivity index (χ2n) is 5.86. The number of fused-ring (bicyclic) bond motifs is 2. The summed E-state index contributed by atoms with van der Waals surface area (Å²) < 4.78 is 5.29. The molecule has 1 saturated carbocycles. The number of carbonyl (C=O) groups is 1. The van der Waals surface area contributed by atoms with Crippen LogP contribution in [0.15, 0.2) is 0 Å². The molecule has 3 atom stereocenters. The summed E-state index contributed by atoms with van der Waals surface area (Å²) in [5, 5.41) is 6.47. The molecule has 2 fully saturated rings. The molecule has 0 aromatic heterocycles. The van der Waals surface area contributed by atoms with Gasteiger partial charge in [0.1, 0.15) is 5.60 Å². The van der Waals surface area contributed by atoms with Crippen molar-refractivity contribution >= 4 is 6.09 Å². The van der Waals surface area contributed by atoms with Crippen molar-refractivity contribution in [3.8, 4) is 0 Å². The van der Waals surface area contributed by atoms with E-state index in [9.17, 15) is 4.79 Å². The van der Waals surface area contributed by atoms with Gasteiger partial charge in [0.25, 0.3) is 0 Å². The molecule has 4 heteroatoms. The second kappa shape index (κ2) is 4.24. The van der Waals surface area contributed by atoms with Crippen LogP contribution < -0.4 is 10.6 Å². The molecule has 0 aromatic carbocycles. The standard InChI is InChI=1S/C12H22N2O2/c1-12(2,3)16-11(15)14-10-8-4-5-9(10)13-7-6-8/h8-10,13H,4-7H2,1-3H3,(H,14,15)/t8-,9-,10-/m1/s1. The van der Waals surface area contributed by atoms with Gasteiger partial charge in [-0.2, -0.15) is 0 Å². The molecule has 2 aliphatic rings. The van der Waals surface area contributed by atoms with Gasteiger partial charge in [-0.3, -0.25) is 0 Å². The number of piperidine rings is 1. The smallest absolute Gasteiger partial charge is 0.407 e. The van der Waals surface area contributed by atoms with E-state index in [-0.39, 0.29) is 12.1 Å². The van der Waals surface area contributed by atoms with Crippen molar-refractivity contribution in [2.24, 2.45) is 5.92 Å². The minimum absolute atomic E-state index is 0.267. The Balaban J connectivity index is 1.88. The monoisotopic (exact) mass is 226 g/mol. The molecule has 1 amide bonds. The first kappa shape index (κ1) is 11.7. The van der Waals surface area contributed by atoms with E-state index in [1.54, 1.807) is 0 Å². The van der Waals surface area contributed by atoms with Crippen molar-refractivity contribution in [1.82, 2.24) is 10.6 Å². The highest BCUT2D eigenvalue weighted by Crippen LogP contribution is 2.32. The molecule has 2 N–H and O–H groups in total. The molecule has 4 nitrogen and oxygen atoms in total. The molecular formula is C12H22N2O2. The van der Waals surface area contributed by atoms with Gasteiger partial charge in [-0.25, -0.2) is 4.79 Å². The lowest BCUT2D eigenvalue weighted by Gasteiger charge is -2.32. The van der Waals surface area contributed by atoms with E-state index >= 15 is 0 Å². The third-order valence-corrected chi connectivity index (χ3v) is 3.39. The molecule has 1 saturated heterocycles. The molecule has 1 aliphatic heterocycles. The van der Waals surface area contributed by atoms with E-state index in [4.69, 9.17) is 4.74 Å². The van der Waals surface area contributed by atoms with Crippen LogP contribution in [0.25, 0.3) is 0 Å². The Hall–Kier alpha value is -0.770. The number of carbonyl (C=O) groups excluding carboxylic acids is 1. The van der Waals surface area contributed by atoms with Gasteiger partial charge in [-0.1, -0.05) is 0 Å². The van der Waals surface area contributed by atoms with Crippen LogP contribution in [0.4, 0.5) is 4.79 Å². The number of nitrogens with one attached hydrogen (secondary N) is 2. The van der Waals surface area contributed by atoms with Crippen LogP contribution in [0.5, 0.6) is 0 Å². The molecule has 2 rings (SSSR count). The Morgan fingerprint density at radius 3 is 2.69 bits per heavy atom. The molecule has 0 radical (unpaired) electrons. The quantitative estimate of drug-likeness (QED) is 0.715. The summed E-state index contributed by atoms with van der Waals surface area (Å²) in [6.45, 7) is 6.75. The summed E-state index contributed by atoms with van der Waals surface area (Å²) in [4.78, 5) is 11.7. The van der Waals surface area contributed by atoms with Gasteiger partial charge in [-0.05, 0) is 52.5 Å². The van der Waals surface area contributed by atoms with Gasteiger partial charge < -0.3 is 15.4 Å². The third-order valence-electron chi connectivity index (χ3n) is 3.39. The van der Waals surface area contributed by atoms with Crippen LogP contribution in [-0.2, 0) is 4.74 Å². The fourth-order valence-electron chi connectivity index (χ4n) is 2.75. The first-order chi connectivity index (χ1) is 7.46. The summed E-state index contributed by atoms with van der Waals surface area (Å²) in [7, 11) is 0. The van der Waals surface area contributed by atoms with E-state index in [0.717, 1.165) is 13.0 Å². The van der Waals surface area contributed by atoms with Gasteiger partial charge in [0, 0.05) is 6.04 Å². The van der Waals surface area contributed by atoms with E-state index in [1.807, 2.05) is 20.8 Å². The van der Waals surface area contributed by atoms with Crippen LogP contribution >= 0.6 is 0 Å². The molecule has 2 bridgehead atoms. The first-order valence-corrected chi connectivity index (χ1v) is 6.18. The van der Waals surface area contributed by atoms with Gasteiger partial charge in [-0.15, -0.1) is 0 Å². The van der Waals surface area contributed by atoms with Crippen molar-refractivity contribution in [2.75, 3.05) is 6.54 Å². The van der Waals surface area contributed by atoms with Crippen LogP contribution in [0, 0.1) is 5.92 Å². The summed E-state index contributed by atoms with van der Waals surface area (Å²) in [6, 6.07) is 0.717. The van der Waals surface area contributed by atoms with Crippen molar-refractivity contribution in [1.29, 1.82) is 0 Å². The molecule has 0 unspecified atom stereocenters. The average molecular weight is 226 g/mol. The van der Waals surface area contributed by atoms with Crippen molar-refractivity contribution in [2.45, 2.75) is 57.7 Å². The number of hydrogen-bond acceptors (Lipinski definition) is 3. The Morgan fingerprint density at radius 2 is 2.06 bits per heavy atom. The predicted octanol–water partition coefficient (Wildman–Crippen LogP) is 1.65. The summed E-state index contributed by atoms with van der Waals surface area (Å²) >= 11 is 0. The maximum Gasteiger partial charge on any atom is 0.407 e. The zero-order chi connectivity index (χ0) is 11.8. The van der Waals surface area contributed by atoms with E-state index in [0.29, 0.717) is 12.0 Å². The average Bonchev–Trinajstić information content (AvgIpc) is 2.39. The van der Waals surface area contributed by atoms with Gasteiger partial charge >= 0.3 is 6.09 Å². The van der Waals surface area contributed by atoms with E-state index in [2.05, 4.69) is 10.6 Å². The van der Waals surface area contributed by atoms with E-state index < -0.39 is 5.60 Å².